The summed E-state index contributed by atoms with van der Waals surface area (Å²) in [6.45, 7) is 1.93. The van der Waals surface area contributed by atoms with E-state index in [0.29, 0.717) is 5.75 Å². The van der Waals surface area contributed by atoms with Gasteiger partial charge in [-0.2, -0.15) is 0 Å². The zero-order valence-corrected chi connectivity index (χ0v) is 11.0. The van der Waals surface area contributed by atoms with Crippen molar-refractivity contribution in [2.45, 2.75) is 13.3 Å². The Hall–Kier alpha value is -2.62. The molecule has 2 aromatic carbocycles. The fourth-order valence-corrected chi connectivity index (χ4v) is 1.80. The van der Waals surface area contributed by atoms with Crippen LogP contribution >= 0.6 is 0 Å². The fourth-order valence-electron chi connectivity index (χ4n) is 1.80. The highest BCUT2D eigenvalue weighted by atomic mass is 16.5. The summed E-state index contributed by atoms with van der Waals surface area (Å²) in [6, 6.07) is 13.3. The number of carboxylic acid groups (broad SMARTS) is 1. The number of hydrogen-bond acceptors (Lipinski definition) is 3. The van der Waals surface area contributed by atoms with Crippen molar-refractivity contribution in [3.63, 3.8) is 0 Å². The van der Waals surface area contributed by atoms with Gasteiger partial charge >= 0.3 is 11.9 Å². The molecule has 0 fully saturated rings. The van der Waals surface area contributed by atoms with Gasteiger partial charge in [-0.15, -0.1) is 0 Å². The number of rotatable bonds is 4. The van der Waals surface area contributed by atoms with Gasteiger partial charge in [0.05, 0.1) is 12.0 Å². The number of benzene rings is 2. The lowest BCUT2D eigenvalue weighted by atomic mass is 10.1. The third kappa shape index (κ3) is 3.45. The van der Waals surface area contributed by atoms with Gasteiger partial charge in [-0.05, 0) is 42.3 Å². The molecule has 0 aliphatic carbocycles. The Morgan fingerprint density at radius 1 is 1.05 bits per heavy atom. The maximum atomic E-state index is 11.8. The topological polar surface area (TPSA) is 63.6 Å². The third-order valence-electron chi connectivity index (χ3n) is 2.93. The lowest BCUT2D eigenvalue weighted by Crippen LogP contribution is -2.12. The molecule has 20 heavy (non-hydrogen) atoms. The van der Waals surface area contributed by atoms with E-state index in [-0.39, 0.29) is 18.0 Å². The number of carbonyl (C=O) groups excluding carboxylic acids is 1. The van der Waals surface area contributed by atoms with E-state index < -0.39 is 5.97 Å². The number of hydrogen-bond donors (Lipinski definition) is 1. The largest absolute Gasteiger partial charge is 0.478 e. The monoisotopic (exact) mass is 270 g/mol. The highest BCUT2D eigenvalue weighted by Crippen LogP contribution is 2.14. The number of carbonyl (C=O) groups is 2. The van der Waals surface area contributed by atoms with Crippen LogP contribution in [0.3, 0.4) is 0 Å². The van der Waals surface area contributed by atoms with E-state index in [1.54, 1.807) is 0 Å². The average Bonchev–Trinajstić information content (AvgIpc) is 2.42. The summed E-state index contributed by atoms with van der Waals surface area (Å²) in [5.41, 5.74) is 2.11. The summed E-state index contributed by atoms with van der Waals surface area (Å²) >= 11 is 0. The minimum Gasteiger partial charge on any atom is -0.478 e. The molecule has 4 nitrogen and oxygen atoms in total. The Morgan fingerprint density at radius 3 is 2.30 bits per heavy atom. The van der Waals surface area contributed by atoms with Crippen LogP contribution in [0.15, 0.2) is 48.5 Å². The smallest absolute Gasteiger partial charge is 0.335 e. The van der Waals surface area contributed by atoms with Crippen LogP contribution in [0, 0.1) is 6.92 Å². The molecule has 0 radical (unpaired) electrons. The highest BCUT2D eigenvalue weighted by Gasteiger charge is 2.09. The Morgan fingerprint density at radius 2 is 1.70 bits per heavy atom. The molecule has 0 amide bonds. The van der Waals surface area contributed by atoms with Gasteiger partial charge < -0.3 is 9.84 Å². The normalized spacial score (nSPS) is 10.1. The van der Waals surface area contributed by atoms with Crippen LogP contribution in [-0.2, 0) is 11.2 Å². The first-order valence-electron chi connectivity index (χ1n) is 6.15. The average molecular weight is 270 g/mol. The molecule has 0 saturated carbocycles. The standard InChI is InChI=1S/C16H14O4/c1-11-4-2-3-5-13(11)10-15(17)20-14-8-6-12(7-9-14)16(18)19/h2-9H,10H2,1H3,(H,18,19). The predicted octanol–water partition coefficient (Wildman–Crippen LogP) is 2.84. The second-order valence-electron chi connectivity index (χ2n) is 4.41. The van der Waals surface area contributed by atoms with E-state index >= 15 is 0 Å². The quantitative estimate of drug-likeness (QED) is 0.685. The Labute approximate surface area is 116 Å². The van der Waals surface area contributed by atoms with Gasteiger partial charge in [0.25, 0.3) is 0 Å². The number of aromatic carboxylic acids is 1. The molecule has 0 unspecified atom stereocenters. The Kier molecular flexibility index (Phi) is 4.15. The first kappa shape index (κ1) is 13.8. The maximum Gasteiger partial charge on any atom is 0.335 e. The van der Waals surface area contributed by atoms with Gasteiger partial charge in [0, 0.05) is 0 Å². The van der Waals surface area contributed by atoms with Crippen molar-refractivity contribution in [3.05, 3.63) is 65.2 Å². The van der Waals surface area contributed by atoms with Crippen LogP contribution in [-0.4, -0.2) is 17.0 Å². The van der Waals surface area contributed by atoms with Gasteiger partial charge in [-0.3, -0.25) is 4.79 Å². The fraction of sp³-hybridized carbons (Fsp3) is 0.125. The van der Waals surface area contributed by atoms with Gasteiger partial charge in [-0.1, -0.05) is 24.3 Å². The minimum absolute atomic E-state index is 0.156. The van der Waals surface area contributed by atoms with Crippen LogP contribution in [0.1, 0.15) is 21.5 Å². The summed E-state index contributed by atoms with van der Waals surface area (Å²) in [5.74, 6) is -1.04. The molecule has 4 heteroatoms. The second-order valence-corrected chi connectivity index (χ2v) is 4.41. The van der Waals surface area contributed by atoms with Crippen molar-refractivity contribution < 1.29 is 19.4 Å². The van der Waals surface area contributed by atoms with E-state index in [1.807, 2.05) is 31.2 Å². The van der Waals surface area contributed by atoms with E-state index in [0.717, 1.165) is 11.1 Å². The van der Waals surface area contributed by atoms with Crippen molar-refractivity contribution >= 4 is 11.9 Å². The molecule has 0 atom stereocenters. The molecule has 1 N–H and O–H groups in total. The third-order valence-corrected chi connectivity index (χ3v) is 2.93. The lowest BCUT2D eigenvalue weighted by molar-refractivity contribution is -0.133. The Balaban J connectivity index is 2.01. The molecule has 0 saturated heterocycles. The van der Waals surface area contributed by atoms with Gasteiger partial charge in [0.15, 0.2) is 0 Å². The molecule has 0 heterocycles. The van der Waals surface area contributed by atoms with E-state index in [1.165, 1.54) is 24.3 Å². The van der Waals surface area contributed by atoms with Crippen LogP contribution in [0.5, 0.6) is 5.75 Å². The summed E-state index contributed by atoms with van der Waals surface area (Å²) in [5, 5.41) is 8.78. The van der Waals surface area contributed by atoms with Crippen molar-refractivity contribution in [1.29, 1.82) is 0 Å². The lowest BCUT2D eigenvalue weighted by Gasteiger charge is -2.06. The van der Waals surface area contributed by atoms with Crippen LogP contribution in [0.4, 0.5) is 0 Å². The van der Waals surface area contributed by atoms with Crippen molar-refractivity contribution in [3.8, 4) is 5.75 Å². The number of ether oxygens (including phenoxy) is 1. The molecule has 2 rings (SSSR count). The zero-order valence-electron chi connectivity index (χ0n) is 11.0. The minimum atomic E-state index is -1.01. The van der Waals surface area contributed by atoms with Crippen molar-refractivity contribution in [2.24, 2.45) is 0 Å². The molecule has 2 aromatic rings. The van der Waals surface area contributed by atoms with Gasteiger partial charge in [0.2, 0.25) is 0 Å². The maximum absolute atomic E-state index is 11.8. The molecule has 0 aromatic heterocycles. The van der Waals surface area contributed by atoms with E-state index in [2.05, 4.69) is 0 Å². The number of aryl methyl sites for hydroxylation is 1. The molecule has 0 bridgehead atoms. The summed E-state index contributed by atoms with van der Waals surface area (Å²) in [6.07, 6.45) is 0.188. The predicted molar refractivity (Wildman–Crippen MR) is 73.9 cm³/mol. The first-order chi connectivity index (χ1) is 9.56. The van der Waals surface area contributed by atoms with Gasteiger partial charge in [-0.25, -0.2) is 4.79 Å². The van der Waals surface area contributed by atoms with Crippen LogP contribution < -0.4 is 4.74 Å². The molecule has 102 valence electrons. The molecule has 0 aliphatic heterocycles. The Bertz CT molecular complexity index is 629. The highest BCUT2D eigenvalue weighted by molar-refractivity contribution is 5.87. The van der Waals surface area contributed by atoms with Crippen molar-refractivity contribution in [2.75, 3.05) is 0 Å². The molecule has 0 aliphatic rings. The zero-order chi connectivity index (χ0) is 14.5. The summed E-state index contributed by atoms with van der Waals surface area (Å²) in [4.78, 5) is 22.5. The van der Waals surface area contributed by atoms with E-state index in [9.17, 15) is 9.59 Å². The second kappa shape index (κ2) is 6.02. The molecular weight excluding hydrogens is 256 g/mol. The molecule has 0 spiro atoms. The summed E-state index contributed by atoms with van der Waals surface area (Å²) in [7, 11) is 0. The number of carboxylic acids is 1. The van der Waals surface area contributed by atoms with Crippen LogP contribution in [0.25, 0.3) is 0 Å². The summed E-state index contributed by atoms with van der Waals surface area (Å²) < 4.78 is 5.18. The molecular formula is C16H14O4. The van der Waals surface area contributed by atoms with Crippen molar-refractivity contribution in [1.82, 2.24) is 0 Å². The van der Waals surface area contributed by atoms with Crippen LogP contribution in [0.2, 0.25) is 0 Å². The number of esters is 1. The van der Waals surface area contributed by atoms with E-state index in [4.69, 9.17) is 9.84 Å². The SMILES string of the molecule is Cc1ccccc1CC(=O)Oc1ccc(C(=O)O)cc1. The van der Waals surface area contributed by atoms with Gasteiger partial charge in [0.1, 0.15) is 5.75 Å². The first-order valence-corrected chi connectivity index (χ1v) is 6.15.